The molecular weight excluding hydrogens is 400 g/mol. The first-order valence-electron chi connectivity index (χ1n) is 9.79. The van der Waals surface area contributed by atoms with E-state index >= 15 is 0 Å². The number of anilines is 1. The number of ether oxygens (including phenoxy) is 1. The Bertz CT molecular complexity index is 963. The molecule has 0 saturated carbocycles. The highest BCUT2D eigenvalue weighted by molar-refractivity contribution is 7.99. The summed E-state index contributed by atoms with van der Waals surface area (Å²) >= 11 is 3.59. The predicted molar refractivity (Wildman–Crippen MR) is 122 cm³/mol. The fraction of sp³-hybridized carbons (Fsp3) is 0.304. The summed E-state index contributed by atoms with van der Waals surface area (Å²) in [6.45, 7) is 3.72. The van der Waals surface area contributed by atoms with E-state index in [2.05, 4.69) is 22.4 Å². The highest BCUT2D eigenvalue weighted by Gasteiger charge is 2.14. The Labute approximate surface area is 179 Å². The minimum atomic E-state index is -0.0962. The van der Waals surface area contributed by atoms with Gasteiger partial charge in [0.2, 0.25) is 0 Å². The molecule has 150 valence electrons. The molecule has 0 bridgehead atoms. The van der Waals surface area contributed by atoms with Gasteiger partial charge in [-0.2, -0.15) is 11.8 Å². The Hall–Kier alpha value is -2.15. The van der Waals surface area contributed by atoms with Gasteiger partial charge >= 0.3 is 0 Å². The van der Waals surface area contributed by atoms with Gasteiger partial charge in [0.25, 0.3) is 5.91 Å². The van der Waals surface area contributed by atoms with Crippen LogP contribution in [0.5, 0.6) is 0 Å². The summed E-state index contributed by atoms with van der Waals surface area (Å²) in [4.78, 5) is 17.1. The Kier molecular flexibility index (Phi) is 6.64. The maximum absolute atomic E-state index is 12.6. The molecule has 6 heteroatoms. The van der Waals surface area contributed by atoms with E-state index in [0.717, 1.165) is 53.8 Å². The molecule has 1 aromatic heterocycles. The maximum atomic E-state index is 12.6. The second-order valence-corrected chi connectivity index (χ2v) is 9.30. The monoisotopic (exact) mass is 424 g/mol. The molecule has 0 spiro atoms. The number of thiazole rings is 1. The molecule has 1 aliphatic rings. The fourth-order valence-corrected chi connectivity index (χ4v) is 5.19. The summed E-state index contributed by atoms with van der Waals surface area (Å²) in [5, 5.41) is 6.69. The number of thioether (sulfide) groups is 1. The number of benzene rings is 2. The van der Waals surface area contributed by atoms with Gasteiger partial charge in [-0.05, 0) is 49.6 Å². The van der Waals surface area contributed by atoms with Crippen LogP contribution in [0.3, 0.4) is 0 Å². The lowest BCUT2D eigenvalue weighted by atomic mass is 10.1. The first-order valence-corrected chi connectivity index (χ1v) is 11.7. The van der Waals surface area contributed by atoms with Crippen LogP contribution in [0.15, 0.2) is 53.9 Å². The number of hydrogen-bond acceptors (Lipinski definition) is 5. The number of aromatic nitrogens is 1. The Morgan fingerprint density at radius 2 is 2.00 bits per heavy atom. The van der Waals surface area contributed by atoms with Gasteiger partial charge in [-0.25, -0.2) is 4.98 Å². The van der Waals surface area contributed by atoms with E-state index in [-0.39, 0.29) is 5.91 Å². The SMILES string of the molecule is Cc1csc(-c2ccc(C(=O)Nc3cccc(CSC4CCOCC4)c3)cc2)n1. The van der Waals surface area contributed by atoms with Crippen molar-refractivity contribution in [1.82, 2.24) is 4.98 Å². The lowest BCUT2D eigenvalue weighted by molar-refractivity contribution is 0.1000. The topological polar surface area (TPSA) is 51.2 Å². The average Bonchev–Trinajstić information content (AvgIpc) is 3.20. The van der Waals surface area contributed by atoms with E-state index in [0.29, 0.717) is 10.8 Å². The lowest BCUT2D eigenvalue weighted by Gasteiger charge is -2.21. The molecule has 2 heterocycles. The minimum Gasteiger partial charge on any atom is -0.381 e. The zero-order valence-corrected chi connectivity index (χ0v) is 18.0. The van der Waals surface area contributed by atoms with Crippen molar-refractivity contribution >= 4 is 34.7 Å². The number of nitrogens with one attached hydrogen (secondary N) is 1. The maximum Gasteiger partial charge on any atom is 0.255 e. The molecule has 0 atom stereocenters. The molecule has 4 rings (SSSR count). The fourth-order valence-electron chi connectivity index (χ4n) is 3.25. The molecule has 0 radical (unpaired) electrons. The zero-order chi connectivity index (χ0) is 20.1. The van der Waals surface area contributed by atoms with Crippen LogP contribution >= 0.6 is 23.1 Å². The third kappa shape index (κ3) is 5.47. The molecule has 0 unspecified atom stereocenters. The number of amides is 1. The molecule has 29 heavy (non-hydrogen) atoms. The van der Waals surface area contributed by atoms with Gasteiger partial charge in [0.05, 0.1) is 0 Å². The highest BCUT2D eigenvalue weighted by atomic mass is 32.2. The van der Waals surface area contributed by atoms with Gasteiger partial charge in [-0.1, -0.05) is 24.3 Å². The second kappa shape index (κ2) is 9.57. The molecule has 1 saturated heterocycles. The number of aryl methyl sites for hydroxylation is 1. The molecule has 4 nitrogen and oxygen atoms in total. The van der Waals surface area contributed by atoms with Crippen molar-refractivity contribution in [3.63, 3.8) is 0 Å². The van der Waals surface area contributed by atoms with Crippen molar-refractivity contribution in [2.75, 3.05) is 18.5 Å². The Balaban J connectivity index is 1.36. The number of nitrogens with zero attached hydrogens (tertiary/aromatic N) is 1. The van der Waals surface area contributed by atoms with Crippen molar-refractivity contribution < 1.29 is 9.53 Å². The third-order valence-electron chi connectivity index (χ3n) is 4.85. The first kappa shape index (κ1) is 20.1. The Morgan fingerprint density at radius 3 is 2.72 bits per heavy atom. The molecule has 1 N–H and O–H groups in total. The first-order chi connectivity index (χ1) is 14.2. The summed E-state index contributed by atoms with van der Waals surface area (Å²) in [6, 6.07) is 15.7. The molecule has 3 aromatic rings. The van der Waals surface area contributed by atoms with Gasteiger partial charge in [-0.3, -0.25) is 4.79 Å². The predicted octanol–water partition coefficient (Wildman–Crippen LogP) is 5.78. The van der Waals surface area contributed by atoms with E-state index in [1.54, 1.807) is 11.3 Å². The number of carbonyl (C=O) groups excluding carboxylic acids is 1. The van der Waals surface area contributed by atoms with E-state index in [1.165, 1.54) is 5.56 Å². The van der Waals surface area contributed by atoms with Crippen LogP contribution in [0.4, 0.5) is 5.69 Å². The third-order valence-corrected chi connectivity index (χ3v) is 7.30. The number of hydrogen-bond donors (Lipinski definition) is 1. The van der Waals surface area contributed by atoms with Crippen molar-refractivity contribution in [1.29, 1.82) is 0 Å². The van der Waals surface area contributed by atoms with Crippen LogP contribution in [0.1, 0.15) is 34.5 Å². The Morgan fingerprint density at radius 1 is 1.21 bits per heavy atom. The normalized spacial score (nSPS) is 14.7. The van der Waals surface area contributed by atoms with Crippen molar-refractivity contribution in [3.8, 4) is 10.6 Å². The molecule has 2 aromatic carbocycles. The van der Waals surface area contributed by atoms with Gasteiger partial charge in [-0.15, -0.1) is 11.3 Å². The van der Waals surface area contributed by atoms with E-state index in [4.69, 9.17) is 4.74 Å². The molecule has 1 amide bonds. The standard InChI is InChI=1S/C23H24N2O2S2/c1-16-14-29-23(24-16)19-7-5-18(6-8-19)22(26)25-20-4-2-3-17(13-20)15-28-21-9-11-27-12-10-21/h2-8,13-14,21H,9-12,15H2,1H3,(H,25,26). The quantitative estimate of drug-likeness (QED) is 0.545. The number of rotatable bonds is 6. The van der Waals surface area contributed by atoms with Crippen LogP contribution in [-0.2, 0) is 10.5 Å². The van der Waals surface area contributed by atoms with Crippen LogP contribution in [0.25, 0.3) is 10.6 Å². The van der Waals surface area contributed by atoms with Crippen LogP contribution in [0, 0.1) is 6.92 Å². The highest BCUT2D eigenvalue weighted by Crippen LogP contribution is 2.27. The summed E-state index contributed by atoms with van der Waals surface area (Å²) in [5.74, 6) is 0.858. The summed E-state index contributed by atoms with van der Waals surface area (Å²) in [5.41, 5.74) is 4.76. The molecular formula is C23H24N2O2S2. The van der Waals surface area contributed by atoms with Gasteiger partial charge in [0.1, 0.15) is 5.01 Å². The van der Waals surface area contributed by atoms with Gasteiger partial charge in [0.15, 0.2) is 0 Å². The minimum absolute atomic E-state index is 0.0962. The van der Waals surface area contributed by atoms with E-state index in [1.807, 2.05) is 60.5 Å². The summed E-state index contributed by atoms with van der Waals surface area (Å²) in [6.07, 6.45) is 2.25. The van der Waals surface area contributed by atoms with E-state index < -0.39 is 0 Å². The largest absolute Gasteiger partial charge is 0.381 e. The molecule has 1 fully saturated rings. The van der Waals surface area contributed by atoms with Gasteiger partial charge < -0.3 is 10.1 Å². The number of carbonyl (C=O) groups is 1. The van der Waals surface area contributed by atoms with Crippen LogP contribution in [0.2, 0.25) is 0 Å². The summed E-state index contributed by atoms with van der Waals surface area (Å²) in [7, 11) is 0. The average molecular weight is 425 g/mol. The van der Waals surface area contributed by atoms with Gasteiger partial charge in [0, 0.05) is 52.1 Å². The lowest BCUT2D eigenvalue weighted by Crippen LogP contribution is -2.17. The second-order valence-electron chi connectivity index (χ2n) is 7.15. The zero-order valence-electron chi connectivity index (χ0n) is 16.4. The van der Waals surface area contributed by atoms with Crippen LogP contribution in [-0.4, -0.2) is 29.4 Å². The summed E-state index contributed by atoms with van der Waals surface area (Å²) < 4.78 is 5.43. The van der Waals surface area contributed by atoms with Crippen LogP contribution < -0.4 is 5.32 Å². The van der Waals surface area contributed by atoms with Crippen molar-refractivity contribution in [2.24, 2.45) is 0 Å². The molecule has 1 aliphatic heterocycles. The van der Waals surface area contributed by atoms with E-state index in [9.17, 15) is 4.79 Å². The smallest absolute Gasteiger partial charge is 0.255 e. The van der Waals surface area contributed by atoms with Crippen molar-refractivity contribution in [2.45, 2.75) is 30.8 Å². The van der Waals surface area contributed by atoms with Crippen molar-refractivity contribution in [3.05, 3.63) is 70.7 Å². The molecule has 0 aliphatic carbocycles.